The second kappa shape index (κ2) is 10.3. The molecule has 0 N–H and O–H groups in total. The van der Waals surface area contributed by atoms with Crippen LogP contribution in [0, 0.1) is 0 Å². The van der Waals surface area contributed by atoms with Crippen LogP contribution in [0.25, 0.3) is 16.7 Å². The van der Waals surface area contributed by atoms with Crippen LogP contribution in [0.5, 0.6) is 5.75 Å². The highest BCUT2D eigenvalue weighted by Crippen LogP contribution is 2.24. The molecule has 1 fully saturated rings. The van der Waals surface area contributed by atoms with Crippen molar-refractivity contribution >= 4 is 16.8 Å². The van der Waals surface area contributed by atoms with Gasteiger partial charge in [-0.25, -0.2) is 4.98 Å². The van der Waals surface area contributed by atoms with Crippen LogP contribution in [-0.4, -0.2) is 65.1 Å². The third-order valence-electron chi connectivity index (χ3n) is 6.71. The van der Waals surface area contributed by atoms with Crippen LogP contribution in [0.15, 0.2) is 79.1 Å². The zero-order valence-electron chi connectivity index (χ0n) is 20.4. The molecule has 0 radical (unpaired) electrons. The maximum Gasteiger partial charge on any atom is 0.253 e. The van der Waals surface area contributed by atoms with Gasteiger partial charge in [-0.05, 0) is 61.2 Å². The first-order chi connectivity index (χ1) is 17.1. The Kier molecular flexibility index (Phi) is 6.82. The third kappa shape index (κ3) is 5.38. The number of aromatic nitrogens is 2. The fourth-order valence-corrected chi connectivity index (χ4v) is 4.69. The molecular weight excluding hydrogens is 436 g/mol. The molecule has 0 unspecified atom stereocenters. The maximum atomic E-state index is 12.3. The second-order valence-corrected chi connectivity index (χ2v) is 9.41. The van der Waals surface area contributed by atoms with Crippen LogP contribution < -0.4 is 4.74 Å². The zero-order chi connectivity index (χ0) is 24.2. The van der Waals surface area contributed by atoms with E-state index in [9.17, 15) is 4.79 Å². The van der Waals surface area contributed by atoms with Crippen molar-refractivity contribution in [2.75, 3.05) is 33.7 Å². The van der Waals surface area contributed by atoms with Gasteiger partial charge in [0.15, 0.2) is 0 Å². The summed E-state index contributed by atoms with van der Waals surface area (Å²) < 4.78 is 8.29. The second-order valence-electron chi connectivity index (χ2n) is 9.41. The molecular formula is C29H32N4O2. The molecule has 180 valence electrons. The molecule has 1 saturated heterocycles. The molecule has 3 heterocycles. The van der Waals surface area contributed by atoms with Crippen molar-refractivity contribution < 1.29 is 9.53 Å². The van der Waals surface area contributed by atoms with E-state index in [1.165, 1.54) is 5.56 Å². The molecule has 5 rings (SSSR count). The quantitative estimate of drug-likeness (QED) is 0.391. The summed E-state index contributed by atoms with van der Waals surface area (Å²) in [6.07, 6.45) is 7.20. The van der Waals surface area contributed by atoms with E-state index < -0.39 is 0 Å². The normalized spacial score (nSPS) is 14.8. The van der Waals surface area contributed by atoms with Gasteiger partial charge in [0.1, 0.15) is 17.7 Å². The summed E-state index contributed by atoms with van der Waals surface area (Å²) in [5.74, 6) is 1.64. The van der Waals surface area contributed by atoms with Crippen LogP contribution in [0.1, 0.15) is 28.8 Å². The van der Waals surface area contributed by atoms with Crippen LogP contribution in [0.2, 0.25) is 0 Å². The van der Waals surface area contributed by atoms with Gasteiger partial charge in [0.25, 0.3) is 5.91 Å². The van der Waals surface area contributed by atoms with Crippen molar-refractivity contribution in [2.24, 2.45) is 0 Å². The molecule has 1 aliphatic heterocycles. The van der Waals surface area contributed by atoms with Crippen LogP contribution in [-0.2, 0) is 6.42 Å². The minimum Gasteiger partial charge on any atom is -0.489 e. The zero-order valence-corrected chi connectivity index (χ0v) is 20.4. The number of ether oxygens (including phenoxy) is 1. The Balaban J connectivity index is 1.17. The van der Waals surface area contributed by atoms with Crippen LogP contribution >= 0.6 is 0 Å². The van der Waals surface area contributed by atoms with E-state index in [0.717, 1.165) is 61.4 Å². The van der Waals surface area contributed by atoms with Gasteiger partial charge in [-0.1, -0.05) is 30.3 Å². The highest BCUT2D eigenvalue weighted by Gasteiger charge is 2.20. The number of pyridine rings is 1. The average molecular weight is 469 g/mol. The number of piperidine rings is 1. The molecule has 2 aromatic carbocycles. The third-order valence-corrected chi connectivity index (χ3v) is 6.71. The monoisotopic (exact) mass is 468 g/mol. The molecule has 0 aliphatic carbocycles. The highest BCUT2D eigenvalue weighted by molar-refractivity contribution is 5.98. The van der Waals surface area contributed by atoms with Gasteiger partial charge in [0.2, 0.25) is 0 Å². The number of fused-ring (bicyclic) bond motifs is 1. The molecule has 6 heteroatoms. The first kappa shape index (κ1) is 23.1. The molecule has 2 aromatic heterocycles. The summed E-state index contributed by atoms with van der Waals surface area (Å²) >= 11 is 0. The van der Waals surface area contributed by atoms with E-state index in [2.05, 4.69) is 40.2 Å². The smallest absolute Gasteiger partial charge is 0.253 e. The lowest BCUT2D eigenvalue weighted by Gasteiger charge is -2.32. The fraction of sp³-hybridized carbons (Fsp3) is 0.310. The Labute approximate surface area is 206 Å². The van der Waals surface area contributed by atoms with E-state index in [-0.39, 0.29) is 12.0 Å². The molecule has 6 nitrogen and oxygen atoms in total. The van der Waals surface area contributed by atoms with E-state index in [1.807, 2.05) is 53.4 Å². The van der Waals surface area contributed by atoms with Crippen LogP contribution in [0.3, 0.4) is 0 Å². The molecule has 0 spiro atoms. The number of amides is 1. The van der Waals surface area contributed by atoms with E-state index in [0.29, 0.717) is 5.56 Å². The number of carbonyl (C=O) groups is 1. The molecule has 4 aromatic rings. The van der Waals surface area contributed by atoms with Gasteiger partial charge in [0, 0.05) is 50.9 Å². The number of nitrogens with zero attached hydrogens (tertiary/aromatic N) is 4. The predicted molar refractivity (Wildman–Crippen MR) is 139 cm³/mol. The number of hydrogen-bond donors (Lipinski definition) is 0. The maximum absolute atomic E-state index is 12.3. The Bertz CT molecular complexity index is 1270. The minimum absolute atomic E-state index is 0.00121. The molecule has 1 aliphatic rings. The summed E-state index contributed by atoms with van der Waals surface area (Å²) in [6.45, 7) is 3.23. The first-order valence-electron chi connectivity index (χ1n) is 12.3. The standard InChI is InChI=1S/C29H32N4O2/c1-31(2)29(34)24-8-10-27-23(20-24)13-19-33(27)28-11-9-26(21-30-28)35-25-14-17-32(18-15-25)16-12-22-6-4-3-5-7-22/h3-11,13,19-21,25H,12,14-18H2,1-2H3. The summed E-state index contributed by atoms with van der Waals surface area (Å²) in [6, 6.07) is 22.5. The number of carbonyl (C=O) groups excluding carboxylic acids is 1. The van der Waals surface area contributed by atoms with Crippen molar-refractivity contribution in [3.63, 3.8) is 0 Å². The van der Waals surface area contributed by atoms with Gasteiger partial charge in [-0.2, -0.15) is 0 Å². The number of hydrogen-bond acceptors (Lipinski definition) is 4. The average Bonchev–Trinajstić information content (AvgIpc) is 3.32. The van der Waals surface area contributed by atoms with Crippen molar-refractivity contribution in [3.05, 3.63) is 90.3 Å². The lowest BCUT2D eigenvalue weighted by molar-refractivity contribution is 0.0827. The number of benzene rings is 2. The van der Waals surface area contributed by atoms with Gasteiger partial charge in [-0.15, -0.1) is 0 Å². The van der Waals surface area contributed by atoms with Gasteiger partial charge in [0.05, 0.1) is 11.7 Å². The highest BCUT2D eigenvalue weighted by atomic mass is 16.5. The van der Waals surface area contributed by atoms with Crippen molar-refractivity contribution in [1.82, 2.24) is 19.4 Å². The molecule has 0 saturated carbocycles. The Morgan fingerprint density at radius 3 is 2.54 bits per heavy atom. The van der Waals surface area contributed by atoms with Crippen molar-refractivity contribution in [3.8, 4) is 11.6 Å². The number of likely N-dealkylation sites (tertiary alicyclic amines) is 1. The van der Waals surface area contributed by atoms with E-state index in [1.54, 1.807) is 19.0 Å². The summed E-state index contributed by atoms with van der Waals surface area (Å²) in [7, 11) is 3.53. The largest absolute Gasteiger partial charge is 0.489 e. The first-order valence-corrected chi connectivity index (χ1v) is 12.3. The lowest BCUT2D eigenvalue weighted by Crippen LogP contribution is -2.39. The number of rotatable bonds is 7. The van der Waals surface area contributed by atoms with Crippen molar-refractivity contribution in [2.45, 2.75) is 25.4 Å². The molecule has 0 bridgehead atoms. The molecule has 35 heavy (non-hydrogen) atoms. The minimum atomic E-state index is 0.00121. The Morgan fingerprint density at radius 1 is 1.03 bits per heavy atom. The van der Waals surface area contributed by atoms with E-state index in [4.69, 9.17) is 4.74 Å². The fourth-order valence-electron chi connectivity index (χ4n) is 4.69. The van der Waals surface area contributed by atoms with E-state index >= 15 is 0 Å². The molecule has 1 amide bonds. The van der Waals surface area contributed by atoms with Gasteiger partial charge >= 0.3 is 0 Å². The molecule has 0 atom stereocenters. The summed E-state index contributed by atoms with van der Waals surface area (Å²) in [5.41, 5.74) is 3.10. The van der Waals surface area contributed by atoms with Gasteiger partial charge in [-0.3, -0.25) is 4.79 Å². The van der Waals surface area contributed by atoms with Gasteiger partial charge < -0.3 is 19.1 Å². The Hall–Kier alpha value is -3.64. The van der Waals surface area contributed by atoms with Crippen LogP contribution in [0.4, 0.5) is 0 Å². The topological polar surface area (TPSA) is 50.6 Å². The predicted octanol–water partition coefficient (Wildman–Crippen LogP) is 4.81. The lowest BCUT2D eigenvalue weighted by atomic mass is 10.1. The summed E-state index contributed by atoms with van der Waals surface area (Å²) in [5, 5.41) is 1.01. The SMILES string of the molecule is CN(C)C(=O)c1ccc2c(ccn2-c2ccc(OC3CCN(CCc4ccccc4)CC3)cn2)c1. The summed E-state index contributed by atoms with van der Waals surface area (Å²) in [4.78, 5) is 21.0. The Morgan fingerprint density at radius 2 is 1.83 bits per heavy atom. The van der Waals surface area contributed by atoms with Crippen molar-refractivity contribution in [1.29, 1.82) is 0 Å².